The molecule has 0 aliphatic heterocycles. The van der Waals surface area contributed by atoms with Crippen LogP contribution in [0.5, 0.6) is 0 Å². The number of rotatable bonds is 4. The van der Waals surface area contributed by atoms with E-state index in [1.54, 1.807) is 11.8 Å². The van der Waals surface area contributed by atoms with Gasteiger partial charge in [0.25, 0.3) is 0 Å². The molecule has 1 nitrogen and oxygen atoms in total. The van der Waals surface area contributed by atoms with Crippen LogP contribution in [0.2, 0.25) is 0 Å². The van der Waals surface area contributed by atoms with Gasteiger partial charge in [0.2, 0.25) is 0 Å². The van der Waals surface area contributed by atoms with Crippen molar-refractivity contribution in [2.75, 3.05) is 0 Å². The molecule has 0 aliphatic rings. The molecule has 0 radical (unpaired) electrons. The minimum Gasteiger partial charge on any atom is -0.255 e. The molecular formula is C36H25NS. The van der Waals surface area contributed by atoms with E-state index in [0.29, 0.717) is 0 Å². The summed E-state index contributed by atoms with van der Waals surface area (Å²) in [5, 5.41) is 7.79. The van der Waals surface area contributed by atoms with E-state index in [2.05, 4.69) is 128 Å². The summed E-state index contributed by atoms with van der Waals surface area (Å²) >= 11 is 1.76. The molecule has 38 heavy (non-hydrogen) atoms. The Bertz CT molecular complexity index is 1920. The van der Waals surface area contributed by atoms with E-state index in [1.165, 1.54) is 58.8 Å². The zero-order chi connectivity index (χ0) is 25.5. The summed E-state index contributed by atoms with van der Waals surface area (Å²) in [6, 6.07) is 45.8. The molecule has 7 aromatic rings. The largest absolute Gasteiger partial charge is 0.255 e. The second kappa shape index (κ2) is 9.48. The van der Waals surface area contributed by atoms with Crippen molar-refractivity contribution in [3.63, 3.8) is 0 Å². The second-order valence-electron chi connectivity index (χ2n) is 9.68. The average molecular weight is 504 g/mol. The van der Waals surface area contributed by atoms with Crippen molar-refractivity contribution in [2.24, 2.45) is 0 Å². The maximum absolute atomic E-state index is 4.84. The molecule has 6 aromatic carbocycles. The molecule has 1 heterocycles. The Morgan fingerprint density at radius 3 is 1.74 bits per heavy atom. The molecular weight excluding hydrogens is 478 g/mol. The van der Waals surface area contributed by atoms with E-state index >= 15 is 0 Å². The van der Waals surface area contributed by atoms with E-state index in [1.807, 2.05) is 12.3 Å². The Labute approximate surface area is 226 Å². The van der Waals surface area contributed by atoms with E-state index in [9.17, 15) is 0 Å². The summed E-state index contributed by atoms with van der Waals surface area (Å²) in [7, 11) is 0. The molecule has 0 aliphatic carbocycles. The molecule has 0 N–H and O–H groups in total. The molecule has 180 valence electrons. The zero-order valence-corrected chi connectivity index (χ0v) is 21.9. The number of hydrogen-bond acceptors (Lipinski definition) is 2. The van der Waals surface area contributed by atoms with Gasteiger partial charge in [0.1, 0.15) is 0 Å². The summed E-state index contributed by atoms with van der Waals surface area (Å²) in [5.74, 6) is 0. The molecule has 1 aromatic heterocycles. The number of fused-ring (bicyclic) bond motifs is 6. The fourth-order valence-electron chi connectivity index (χ4n) is 5.37. The lowest BCUT2D eigenvalue weighted by molar-refractivity contribution is 1.18. The van der Waals surface area contributed by atoms with Crippen molar-refractivity contribution in [3.8, 4) is 22.4 Å². The Hall–Kier alpha value is -4.40. The van der Waals surface area contributed by atoms with Crippen molar-refractivity contribution in [1.82, 2.24) is 4.98 Å². The van der Waals surface area contributed by atoms with Crippen LogP contribution in [0.1, 0.15) is 5.56 Å². The van der Waals surface area contributed by atoms with Crippen LogP contribution in [-0.4, -0.2) is 4.98 Å². The average Bonchev–Trinajstić information content (AvgIpc) is 2.99. The van der Waals surface area contributed by atoms with Crippen LogP contribution in [-0.2, 0) is 0 Å². The van der Waals surface area contributed by atoms with Crippen LogP contribution < -0.4 is 0 Å². The summed E-state index contributed by atoms with van der Waals surface area (Å²) in [5.41, 5.74) is 5.78. The van der Waals surface area contributed by atoms with Crippen molar-refractivity contribution >= 4 is 44.1 Å². The van der Waals surface area contributed by atoms with Crippen molar-refractivity contribution < 1.29 is 0 Å². The highest BCUT2D eigenvalue weighted by Crippen LogP contribution is 2.38. The predicted molar refractivity (Wildman–Crippen MR) is 163 cm³/mol. The van der Waals surface area contributed by atoms with Gasteiger partial charge in [-0.15, -0.1) is 0 Å². The molecule has 0 bridgehead atoms. The predicted octanol–water partition coefficient (Wildman–Crippen LogP) is 10.3. The van der Waals surface area contributed by atoms with Gasteiger partial charge < -0.3 is 0 Å². The summed E-state index contributed by atoms with van der Waals surface area (Å²) < 4.78 is 0. The van der Waals surface area contributed by atoms with E-state index in [0.717, 1.165) is 11.3 Å². The van der Waals surface area contributed by atoms with Gasteiger partial charge >= 0.3 is 0 Å². The molecule has 0 fully saturated rings. The maximum Gasteiger partial charge on any atom is 0.0705 e. The van der Waals surface area contributed by atoms with Crippen molar-refractivity contribution in [2.45, 2.75) is 16.7 Å². The van der Waals surface area contributed by atoms with E-state index in [4.69, 9.17) is 4.98 Å². The smallest absolute Gasteiger partial charge is 0.0705 e. The van der Waals surface area contributed by atoms with Crippen LogP contribution in [0.15, 0.2) is 143 Å². The zero-order valence-electron chi connectivity index (χ0n) is 21.1. The molecule has 0 atom stereocenters. The summed E-state index contributed by atoms with van der Waals surface area (Å²) in [6.45, 7) is 2.17. The van der Waals surface area contributed by atoms with Crippen LogP contribution in [0.25, 0.3) is 54.7 Å². The van der Waals surface area contributed by atoms with Gasteiger partial charge in [0.15, 0.2) is 0 Å². The normalized spacial score (nSPS) is 11.4. The SMILES string of the molecule is Cc1cc(-c2cccc(-c3ccc4c5ccccc5c5ccccc5c4c3)c2)ncc1Sc1ccccc1. The van der Waals surface area contributed by atoms with Gasteiger partial charge in [-0.25, -0.2) is 0 Å². The monoisotopic (exact) mass is 503 g/mol. The molecule has 0 saturated heterocycles. The first kappa shape index (κ1) is 22.8. The third kappa shape index (κ3) is 4.04. The lowest BCUT2D eigenvalue weighted by Crippen LogP contribution is -1.89. The number of aromatic nitrogens is 1. The molecule has 0 unspecified atom stereocenters. The highest BCUT2D eigenvalue weighted by Gasteiger charge is 2.11. The Morgan fingerprint density at radius 1 is 0.474 bits per heavy atom. The fraction of sp³-hybridized carbons (Fsp3) is 0.0278. The Kier molecular flexibility index (Phi) is 5.68. The number of pyridine rings is 1. The first-order valence-corrected chi connectivity index (χ1v) is 13.7. The quantitative estimate of drug-likeness (QED) is 0.222. The van der Waals surface area contributed by atoms with Gasteiger partial charge in [-0.3, -0.25) is 4.98 Å². The highest BCUT2D eigenvalue weighted by molar-refractivity contribution is 7.99. The van der Waals surface area contributed by atoms with Crippen LogP contribution in [0.3, 0.4) is 0 Å². The lowest BCUT2D eigenvalue weighted by Gasteiger charge is -2.13. The standard InChI is InChI=1S/C36H25NS/c1-24-20-35(37-23-36(24)38-28-12-3-2-4-13-28)27-11-9-10-25(21-27)26-18-19-33-31-16-6-5-14-29(31)30-15-7-8-17-32(30)34(33)22-26/h2-23H,1H3. The minimum atomic E-state index is 0.999. The third-order valence-electron chi connectivity index (χ3n) is 7.27. The molecule has 0 saturated carbocycles. The fourth-order valence-corrected chi connectivity index (χ4v) is 6.24. The number of aryl methyl sites for hydroxylation is 1. The van der Waals surface area contributed by atoms with Crippen molar-refractivity contribution in [3.05, 3.63) is 139 Å². The minimum absolute atomic E-state index is 0.999. The Balaban J connectivity index is 1.30. The van der Waals surface area contributed by atoms with Gasteiger partial charge in [-0.05, 0) is 86.3 Å². The number of hydrogen-bond donors (Lipinski definition) is 0. The summed E-state index contributed by atoms with van der Waals surface area (Å²) in [4.78, 5) is 7.26. The van der Waals surface area contributed by atoms with E-state index < -0.39 is 0 Å². The Morgan fingerprint density at radius 2 is 1.05 bits per heavy atom. The second-order valence-corrected chi connectivity index (χ2v) is 10.8. The van der Waals surface area contributed by atoms with Crippen LogP contribution >= 0.6 is 11.8 Å². The van der Waals surface area contributed by atoms with Gasteiger partial charge in [0, 0.05) is 21.6 Å². The van der Waals surface area contributed by atoms with Gasteiger partial charge in [-0.2, -0.15) is 0 Å². The molecule has 7 rings (SSSR count). The first-order valence-electron chi connectivity index (χ1n) is 12.9. The van der Waals surface area contributed by atoms with Gasteiger partial charge in [0.05, 0.1) is 5.69 Å². The summed E-state index contributed by atoms with van der Waals surface area (Å²) in [6.07, 6.45) is 2.00. The third-order valence-corrected chi connectivity index (χ3v) is 8.42. The van der Waals surface area contributed by atoms with E-state index in [-0.39, 0.29) is 0 Å². The maximum atomic E-state index is 4.84. The number of benzene rings is 6. The first-order chi connectivity index (χ1) is 18.7. The van der Waals surface area contributed by atoms with Crippen LogP contribution in [0.4, 0.5) is 0 Å². The van der Waals surface area contributed by atoms with Crippen molar-refractivity contribution in [1.29, 1.82) is 0 Å². The number of nitrogens with zero attached hydrogens (tertiary/aromatic N) is 1. The topological polar surface area (TPSA) is 12.9 Å². The molecule has 0 spiro atoms. The lowest BCUT2D eigenvalue weighted by atomic mass is 9.91. The van der Waals surface area contributed by atoms with Gasteiger partial charge in [-0.1, -0.05) is 109 Å². The highest BCUT2D eigenvalue weighted by atomic mass is 32.2. The molecule has 2 heteroatoms. The van der Waals surface area contributed by atoms with Crippen LogP contribution in [0, 0.1) is 6.92 Å². The molecule has 0 amide bonds.